The molecule has 2 bridgehead atoms. The second kappa shape index (κ2) is 10.6. The second-order valence-corrected chi connectivity index (χ2v) is 8.81. The second-order valence-electron chi connectivity index (χ2n) is 8.81. The number of ether oxygens (including phenoxy) is 1. The number of allylic oxidation sites excluding steroid dienone is 1. The molecule has 0 unspecified atom stereocenters. The van der Waals surface area contributed by atoms with Crippen molar-refractivity contribution in [2.75, 3.05) is 26.2 Å². The van der Waals surface area contributed by atoms with E-state index in [1.165, 1.54) is 4.90 Å². The molecule has 0 aromatic heterocycles. The SMILES string of the molecule is CC(C)N[C@@]1(C)CCCC=CCOC(=O)N2CC(C(=O)C(C)C)(C2)NCC1=O.S. The van der Waals surface area contributed by atoms with Crippen LogP contribution >= 0.6 is 13.5 Å². The third-order valence-corrected chi connectivity index (χ3v) is 5.50. The number of amides is 1. The van der Waals surface area contributed by atoms with Gasteiger partial charge in [-0.3, -0.25) is 14.9 Å². The first-order valence-electron chi connectivity index (χ1n) is 10.3. The summed E-state index contributed by atoms with van der Waals surface area (Å²) in [7, 11) is 0. The number of hydrogen-bond acceptors (Lipinski definition) is 6. The molecule has 0 radical (unpaired) electrons. The number of carbonyl (C=O) groups excluding carboxylic acids is 3. The van der Waals surface area contributed by atoms with Gasteiger partial charge in [-0.15, -0.1) is 0 Å². The van der Waals surface area contributed by atoms with Gasteiger partial charge in [0.1, 0.15) is 12.1 Å². The molecule has 1 atom stereocenters. The molecule has 1 fully saturated rings. The predicted molar refractivity (Wildman–Crippen MR) is 119 cm³/mol. The summed E-state index contributed by atoms with van der Waals surface area (Å²) in [5, 5.41) is 6.62. The molecule has 7 nitrogen and oxygen atoms in total. The van der Waals surface area contributed by atoms with Gasteiger partial charge in [0.2, 0.25) is 0 Å². The minimum atomic E-state index is -0.877. The zero-order chi connectivity index (χ0) is 20.9. The summed E-state index contributed by atoms with van der Waals surface area (Å²) in [4.78, 5) is 39.6. The first-order valence-corrected chi connectivity index (χ1v) is 10.3. The summed E-state index contributed by atoms with van der Waals surface area (Å²) >= 11 is 0. The van der Waals surface area contributed by atoms with Crippen molar-refractivity contribution in [3.63, 3.8) is 0 Å². The number of nitrogens with zero attached hydrogens (tertiary/aromatic N) is 1. The monoisotopic (exact) mass is 427 g/mol. The van der Waals surface area contributed by atoms with Gasteiger partial charge in [-0.1, -0.05) is 26.0 Å². The van der Waals surface area contributed by atoms with E-state index in [0.29, 0.717) is 6.42 Å². The fraction of sp³-hybridized carbons (Fsp3) is 0.762. The van der Waals surface area contributed by atoms with Crippen LogP contribution in [0.2, 0.25) is 0 Å². The lowest BCUT2D eigenvalue weighted by molar-refractivity contribution is -0.136. The highest BCUT2D eigenvalue weighted by Crippen LogP contribution is 2.27. The van der Waals surface area contributed by atoms with Crippen molar-refractivity contribution in [3.8, 4) is 0 Å². The number of nitrogens with one attached hydrogen (secondary N) is 2. The van der Waals surface area contributed by atoms with E-state index in [4.69, 9.17) is 4.74 Å². The first-order chi connectivity index (χ1) is 13.1. The van der Waals surface area contributed by atoms with Gasteiger partial charge < -0.3 is 15.0 Å². The van der Waals surface area contributed by atoms with E-state index < -0.39 is 17.2 Å². The summed E-state index contributed by atoms with van der Waals surface area (Å²) in [5.41, 5.74) is -1.54. The highest BCUT2D eigenvalue weighted by atomic mass is 32.1. The van der Waals surface area contributed by atoms with Gasteiger partial charge >= 0.3 is 6.09 Å². The summed E-state index contributed by atoms with van der Waals surface area (Å²) in [6.45, 7) is 10.4. The Morgan fingerprint density at radius 1 is 1.21 bits per heavy atom. The summed E-state index contributed by atoms with van der Waals surface area (Å²) < 4.78 is 5.25. The van der Waals surface area contributed by atoms with Crippen LogP contribution in [-0.2, 0) is 14.3 Å². The van der Waals surface area contributed by atoms with Gasteiger partial charge in [0.15, 0.2) is 11.6 Å². The van der Waals surface area contributed by atoms with Gasteiger partial charge in [-0.05, 0) is 40.0 Å². The number of hydrogen-bond donors (Lipinski definition) is 2. The fourth-order valence-electron chi connectivity index (χ4n) is 3.99. The molecule has 0 aromatic rings. The Kier molecular flexibility index (Phi) is 9.37. The lowest BCUT2D eigenvalue weighted by atomic mass is 9.80. The molecule has 1 saturated heterocycles. The van der Waals surface area contributed by atoms with Crippen molar-refractivity contribution < 1.29 is 19.1 Å². The molecular weight excluding hydrogens is 390 g/mol. The Bertz CT molecular complexity index is 629. The minimum absolute atomic E-state index is 0. The molecule has 2 N–H and O–H groups in total. The van der Waals surface area contributed by atoms with E-state index >= 15 is 0 Å². The van der Waals surface area contributed by atoms with Crippen LogP contribution in [0.25, 0.3) is 0 Å². The average molecular weight is 428 g/mol. The van der Waals surface area contributed by atoms with E-state index in [0.717, 1.165) is 12.8 Å². The minimum Gasteiger partial charge on any atom is -0.445 e. The van der Waals surface area contributed by atoms with E-state index in [2.05, 4.69) is 10.6 Å². The van der Waals surface area contributed by atoms with Crippen LogP contribution < -0.4 is 10.6 Å². The van der Waals surface area contributed by atoms with Crippen molar-refractivity contribution in [3.05, 3.63) is 12.2 Å². The van der Waals surface area contributed by atoms with Crippen LogP contribution in [0.3, 0.4) is 0 Å². The molecule has 0 spiro atoms. The number of fused-ring (bicyclic) bond motifs is 10. The maximum atomic E-state index is 13.1. The smallest absolute Gasteiger partial charge is 0.410 e. The standard InChI is InChI=1S/C21H35N3O4.H2S/c1-15(2)18(26)21-13-24(14-21)19(27)28-11-9-7-6-8-10-20(5,23-16(3)4)17(25)12-22-21;/h7,9,15-16,22-23H,6,8,10-14H2,1-5H3;1H2/t20-;/m0./s1. The van der Waals surface area contributed by atoms with Crippen LogP contribution in [0.15, 0.2) is 12.2 Å². The largest absolute Gasteiger partial charge is 0.445 e. The summed E-state index contributed by atoms with van der Waals surface area (Å²) in [6, 6.07) is 0.169. The molecule has 0 saturated carbocycles. The lowest BCUT2D eigenvalue weighted by Gasteiger charge is -2.49. The molecule has 3 aliphatic heterocycles. The lowest BCUT2D eigenvalue weighted by Crippen LogP contribution is -2.75. The van der Waals surface area contributed by atoms with Gasteiger partial charge in [0.25, 0.3) is 0 Å². The third-order valence-electron chi connectivity index (χ3n) is 5.50. The van der Waals surface area contributed by atoms with Gasteiger partial charge in [-0.2, -0.15) is 13.5 Å². The van der Waals surface area contributed by atoms with Gasteiger partial charge in [-0.25, -0.2) is 4.79 Å². The Morgan fingerprint density at radius 3 is 2.45 bits per heavy atom. The van der Waals surface area contributed by atoms with Crippen molar-refractivity contribution in [1.82, 2.24) is 15.5 Å². The third kappa shape index (κ3) is 6.30. The predicted octanol–water partition coefficient (Wildman–Crippen LogP) is 2.17. The number of rotatable bonds is 4. The van der Waals surface area contributed by atoms with Crippen LogP contribution in [0.5, 0.6) is 0 Å². The highest BCUT2D eigenvalue weighted by molar-refractivity contribution is 7.59. The molecule has 8 heteroatoms. The van der Waals surface area contributed by atoms with Crippen LogP contribution in [0, 0.1) is 5.92 Å². The normalized spacial score (nSPS) is 28.9. The van der Waals surface area contributed by atoms with Crippen LogP contribution in [0.1, 0.15) is 53.9 Å². The van der Waals surface area contributed by atoms with Crippen LogP contribution in [0.4, 0.5) is 4.79 Å². The topological polar surface area (TPSA) is 87.7 Å². The zero-order valence-corrected chi connectivity index (χ0v) is 19.3. The molecular formula is C21H37N3O4S. The molecule has 3 aliphatic rings. The average Bonchev–Trinajstić information content (AvgIpc) is 2.58. The number of Topliss-reactive ketones (excluding diaryl/α,β-unsaturated/α-hetero) is 2. The van der Waals surface area contributed by atoms with E-state index in [9.17, 15) is 14.4 Å². The van der Waals surface area contributed by atoms with Crippen molar-refractivity contribution in [2.24, 2.45) is 5.92 Å². The molecule has 166 valence electrons. The van der Waals surface area contributed by atoms with Crippen molar-refractivity contribution >= 4 is 31.2 Å². The van der Waals surface area contributed by atoms with Crippen LogP contribution in [-0.4, -0.2) is 65.9 Å². The number of carbonyl (C=O) groups is 3. The number of ketones is 2. The Labute approximate surface area is 181 Å². The Balaban J connectivity index is 0.00000420. The fourth-order valence-corrected chi connectivity index (χ4v) is 3.99. The molecule has 3 heterocycles. The summed E-state index contributed by atoms with van der Waals surface area (Å²) in [6.07, 6.45) is 5.74. The highest BCUT2D eigenvalue weighted by Gasteiger charge is 2.52. The maximum absolute atomic E-state index is 13.1. The molecule has 0 aliphatic carbocycles. The first kappa shape index (κ1) is 25.7. The van der Waals surface area contributed by atoms with Crippen molar-refractivity contribution in [2.45, 2.75) is 71.0 Å². The Morgan fingerprint density at radius 2 is 1.86 bits per heavy atom. The summed E-state index contributed by atoms with van der Waals surface area (Å²) in [5.74, 6) is -0.130. The van der Waals surface area contributed by atoms with Crippen molar-refractivity contribution in [1.29, 1.82) is 0 Å². The van der Waals surface area contributed by atoms with E-state index in [1.54, 1.807) is 0 Å². The van der Waals surface area contributed by atoms with E-state index in [-0.39, 0.29) is 63.3 Å². The van der Waals surface area contributed by atoms with Gasteiger partial charge in [0.05, 0.1) is 25.2 Å². The Hall–Kier alpha value is -1.38. The molecule has 0 aromatic carbocycles. The molecule has 1 amide bonds. The maximum Gasteiger partial charge on any atom is 0.410 e. The molecule has 3 rings (SSSR count). The van der Waals surface area contributed by atoms with E-state index in [1.807, 2.05) is 46.8 Å². The quantitative estimate of drug-likeness (QED) is 0.669. The molecule has 29 heavy (non-hydrogen) atoms. The van der Waals surface area contributed by atoms with Gasteiger partial charge in [0, 0.05) is 12.0 Å². The zero-order valence-electron chi connectivity index (χ0n) is 18.3.